The number of aromatic nitrogens is 4. The van der Waals surface area contributed by atoms with E-state index in [2.05, 4.69) is 48.0 Å². The van der Waals surface area contributed by atoms with E-state index in [1.165, 1.54) is 13.1 Å². The van der Waals surface area contributed by atoms with E-state index in [0.29, 0.717) is 30.3 Å². The van der Waals surface area contributed by atoms with Crippen LogP contribution >= 0.6 is 0 Å². The molecule has 4 fully saturated rings. The van der Waals surface area contributed by atoms with Crippen LogP contribution in [0.2, 0.25) is 0 Å². The summed E-state index contributed by atoms with van der Waals surface area (Å²) >= 11 is 0. The second kappa shape index (κ2) is 7.68. The summed E-state index contributed by atoms with van der Waals surface area (Å²) in [6.07, 6.45) is 6.11. The molecule has 3 aliphatic heterocycles. The highest BCUT2D eigenvalue weighted by Crippen LogP contribution is 2.57. The molecule has 0 bridgehead atoms. The van der Waals surface area contributed by atoms with Gasteiger partial charge in [-0.15, -0.1) is 0 Å². The highest BCUT2D eigenvalue weighted by molar-refractivity contribution is 5.89. The Hall–Kier alpha value is -3.14. The molecule has 4 aliphatic rings. The molecular weight excluding hydrogens is 462 g/mol. The Morgan fingerprint density at radius 3 is 2.44 bits per heavy atom. The molecule has 1 N–H and O–H groups in total. The second-order valence-electron chi connectivity index (χ2n) is 11.3. The summed E-state index contributed by atoms with van der Waals surface area (Å²) < 4.78 is 27.2. The minimum absolute atomic E-state index is 0.0275. The number of hydrogen-bond acceptors (Lipinski definition) is 8. The zero-order chi connectivity index (χ0) is 24.5. The molecule has 8 nitrogen and oxygen atoms in total. The van der Waals surface area contributed by atoms with Crippen LogP contribution in [0.3, 0.4) is 0 Å². The molecule has 0 atom stereocenters. The molecule has 3 aromatic heterocycles. The molecule has 7 rings (SSSR count). The van der Waals surface area contributed by atoms with E-state index in [1.54, 1.807) is 12.4 Å². The topological polar surface area (TPSA) is 73.3 Å². The third-order valence-corrected chi connectivity index (χ3v) is 8.46. The lowest BCUT2D eigenvalue weighted by molar-refractivity contribution is -0.152. The summed E-state index contributed by atoms with van der Waals surface area (Å²) in [5.74, 6) is -0.665. The van der Waals surface area contributed by atoms with E-state index < -0.39 is 5.92 Å². The number of nitrogens with zero attached hydrogens (tertiary/aromatic N) is 7. The Morgan fingerprint density at radius 2 is 1.72 bits per heavy atom. The summed E-state index contributed by atoms with van der Waals surface area (Å²) in [5, 5.41) is 4.09. The Morgan fingerprint density at radius 1 is 0.917 bits per heavy atom. The summed E-state index contributed by atoms with van der Waals surface area (Å²) in [4.78, 5) is 25.3. The zero-order valence-corrected chi connectivity index (χ0v) is 20.4. The van der Waals surface area contributed by atoms with Crippen LogP contribution in [-0.2, 0) is 0 Å². The summed E-state index contributed by atoms with van der Waals surface area (Å²) in [6, 6.07) is 5.92. The van der Waals surface area contributed by atoms with Crippen LogP contribution in [0.15, 0.2) is 36.8 Å². The Bertz CT molecular complexity index is 1290. The molecule has 0 amide bonds. The number of anilines is 4. The van der Waals surface area contributed by atoms with Gasteiger partial charge in [0.1, 0.15) is 11.3 Å². The lowest BCUT2D eigenvalue weighted by Gasteiger charge is -2.61. The van der Waals surface area contributed by atoms with Gasteiger partial charge >= 0.3 is 0 Å². The van der Waals surface area contributed by atoms with E-state index in [4.69, 9.17) is 4.98 Å². The van der Waals surface area contributed by atoms with Gasteiger partial charge in [0.15, 0.2) is 5.82 Å². The van der Waals surface area contributed by atoms with E-state index in [9.17, 15) is 8.78 Å². The van der Waals surface area contributed by atoms with Crippen molar-refractivity contribution in [3.05, 3.63) is 36.8 Å². The van der Waals surface area contributed by atoms with Crippen LogP contribution in [0.1, 0.15) is 26.2 Å². The van der Waals surface area contributed by atoms with Crippen LogP contribution in [0.25, 0.3) is 10.9 Å². The molecule has 1 saturated carbocycles. The molecule has 10 heteroatoms. The minimum atomic E-state index is -2.52. The smallest absolute Gasteiger partial charge is 0.249 e. The van der Waals surface area contributed by atoms with Crippen LogP contribution < -0.4 is 15.1 Å². The molecule has 3 saturated heterocycles. The lowest BCUT2D eigenvalue weighted by Crippen LogP contribution is -2.72. The molecule has 1 aliphatic carbocycles. The first-order chi connectivity index (χ1) is 17.3. The summed E-state index contributed by atoms with van der Waals surface area (Å²) in [5.41, 5.74) is 2.04. The van der Waals surface area contributed by atoms with Crippen molar-refractivity contribution in [2.75, 3.05) is 60.9 Å². The van der Waals surface area contributed by atoms with Crippen LogP contribution in [0.4, 0.5) is 32.1 Å². The van der Waals surface area contributed by atoms with Crippen molar-refractivity contribution in [3.8, 4) is 0 Å². The number of pyridine rings is 2. The zero-order valence-electron chi connectivity index (χ0n) is 20.4. The van der Waals surface area contributed by atoms with Gasteiger partial charge in [-0.1, -0.05) is 6.92 Å². The highest BCUT2D eigenvalue weighted by Gasteiger charge is 2.59. The van der Waals surface area contributed by atoms with Gasteiger partial charge in [-0.25, -0.2) is 28.7 Å². The normalized spacial score (nSPS) is 23.5. The van der Waals surface area contributed by atoms with Crippen LogP contribution in [0.5, 0.6) is 0 Å². The van der Waals surface area contributed by atoms with Gasteiger partial charge in [-0.05, 0) is 31.2 Å². The van der Waals surface area contributed by atoms with Gasteiger partial charge in [0.2, 0.25) is 11.9 Å². The number of likely N-dealkylation sites (tertiary alicyclic amines) is 1. The fourth-order valence-corrected chi connectivity index (χ4v) is 6.72. The fraction of sp³-hybridized carbons (Fsp3) is 0.538. The van der Waals surface area contributed by atoms with E-state index in [1.807, 2.05) is 18.3 Å². The molecule has 6 heterocycles. The first-order valence-corrected chi connectivity index (χ1v) is 12.8. The maximum absolute atomic E-state index is 13.6. The van der Waals surface area contributed by atoms with Crippen molar-refractivity contribution in [2.45, 2.75) is 32.1 Å². The number of nitrogens with one attached hydrogen (secondary N) is 1. The predicted octanol–water partition coefficient (Wildman–Crippen LogP) is 3.93. The monoisotopic (exact) mass is 492 g/mol. The molecule has 2 spiro atoms. The largest absolute Gasteiger partial charge is 0.369 e. The number of rotatable bonds is 5. The van der Waals surface area contributed by atoms with Crippen LogP contribution in [0, 0.1) is 10.8 Å². The van der Waals surface area contributed by atoms with Crippen molar-refractivity contribution in [1.29, 1.82) is 0 Å². The molecule has 0 radical (unpaired) electrons. The van der Waals surface area contributed by atoms with Gasteiger partial charge in [0.05, 0.1) is 11.9 Å². The molecule has 0 unspecified atom stereocenters. The van der Waals surface area contributed by atoms with Gasteiger partial charge < -0.3 is 20.0 Å². The molecule has 188 valence electrons. The van der Waals surface area contributed by atoms with Gasteiger partial charge in [-0.3, -0.25) is 0 Å². The predicted molar refractivity (Wildman–Crippen MR) is 135 cm³/mol. The lowest BCUT2D eigenvalue weighted by atomic mass is 9.65. The van der Waals surface area contributed by atoms with E-state index in [0.717, 1.165) is 48.5 Å². The van der Waals surface area contributed by atoms with Gasteiger partial charge in [-0.2, -0.15) is 0 Å². The maximum atomic E-state index is 13.6. The maximum Gasteiger partial charge on any atom is 0.249 e. The molecule has 0 aromatic carbocycles. The second-order valence-corrected chi connectivity index (χ2v) is 11.3. The van der Waals surface area contributed by atoms with Crippen LogP contribution in [-0.4, -0.2) is 76.6 Å². The number of halogens is 2. The van der Waals surface area contributed by atoms with E-state index in [-0.39, 0.29) is 18.3 Å². The highest BCUT2D eigenvalue weighted by atomic mass is 19.3. The standard InChI is InChI=1S/C26H30F2N8/c1-2-34-13-25(14-34)16-36(17-25)19-3-4-20(30-10-19)32-23-31-9-18-5-7-29-22(21(18)33-23)35-8-6-24(15-35)11-26(27,28)12-24/h3-5,7,9-10H,2,6,8,11-17H2,1H3,(H,30,31,32,33). The van der Waals surface area contributed by atoms with Gasteiger partial charge in [0, 0.05) is 80.7 Å². The summed E-state index contributed by atoms with van der Waals surface area (Å²) in [7, 11) is 0. The van der Waals surface area contributed by atoms with Crippen molar-refractivity contribution in [3.63, 3.8) is 0 Å². The first-order valence-electron chi connectivity index (χ1n) is 12.8. The SMILES string of the molecule is CCN1CC2(C1)CN(c1ccc(Nc3ncc4ccnc(N5CCC6(C5)CC(F)(F)C6)c4n3)nc1)C2. The summed E-state index contributed by atoms with van der Waals surface area (Å²) in [6.45, 7) is 9.26. The van der Waals surface area contributed by atoms with E-state index >= 15 is 0 Å². The molecule has 3 aromatic rings. The first kappa shape index (κ1) is 22.1. The number of hydrogen-bond donors (Lipinski definition) is 1. The Labute approximate surface area is 208 Å². The third-order valence-electron chi connectivity index (χ3n) is 8.46. The van der Waals surface area contributed by atoms with Crippen molar-refractivity contribution in [1.82, 2.24) is 24.8 Å². The Balaban J connectivity index is 1.05. The van der Waals surface area contributed by atoms with Crippen molar-refractivity contribution in [2.24, 2.45) is 10.8 Å². The average Bonchev–Trinajstić information content (AvgIpc) is 3.21. The van der Waals surface area contributed by atoms with Gasteiger partial charge in [0.25, 0.3) is 0 Å². The third kappa shape index (κ3) is 3.65. The quantitative estimate of drug-likeness (QED) is 0.575. The number of alkyl halides is 2. The fourth-order valence-electron chi connectivity index (χ4n) is 6.72. The van der Waals surface area contributed by atoms with Crippen molar-refractivity contribution >= 4 is 34.2 Å². The minimum Gasteiger partial charge on any atom is -0.369 e. The molecular formula is C26H30F2N8. The average molecular weight is 493 g/mol. The molecule has 36 heavy (non-hydrogen) atoms. The van der Waals surface area contributed by atoms with Crippen molar-refractivity contribution < 1.29 is 8.78 Å². The number of fused-ring (bicyclic) bond motifs is 1. The Kier molecular flexibility index (Phi) is 4.71.